The van der Waals surface area contributed by atoms with Crippen LogP contribution in [-0.2, 0) is 0 Å². The second-order valence-corrected chi connectivity index (χ2v) is 5.11. The zero-order chi connectivity index (χ0) is 14.2. The van der Waals surface area contributed by atoms with Crippen molar-refractivity contribution in [3.05, 3.63) is 68.2 Å². The second kappa shape index (κ2) is 5.63. The minimum atomic E-state index is -1.30. The first kappa shape index (κ1) is 14.5. The van der Waals surface area contributed by atoms with Crippen molar-refractivity contribution < 1.29 is 13.9 Å². The van der Waals surface area contributed by atoms with Gasteiger partial charge in [-0.15, -0.1) is 0 Å². The Bertz CT molecular complexity index is 632. The Morgan fingerprint density at radius 1 is 0.842 bits per heavy atom. The van der Waals surface area contributed by atoms with Gasteiger partial charge in [0, 0.05) is 26.2 Å². The molecule has 6 heteroatoms. The average Bonchev–Trinajstić information content (AvgIpc) is 2.36. The fourth-order valence-electron chi connectivity index (χ4n) is 1.64. The molecule has 2 rings (SSSR count). The van der Waals surface area contributed by atoms with E-state index in [4.69, 9.17) is 34.8 Å². The highest BCUT2D eigenvalue weighted by atomic mass is 35.5. The molecule has 1 N–H and O–H groups in total. The van der Waals surface area contributed by atoms with Gasteiger partial charge < -0.3 is 5.11 Å². The molecule has 100 valence electrons. The molecule has 0 saturated carbocycles. The lowest BCUT2D eigenvalue weighted by Crippen LogP contribution is -2.03. The van der Waals surface area contributed by atoms with Crippen molar-refractivity contribution in [2.24, 2.45) is 0 Å². The van der Waals surface area contributed by atoms with Crippen LogP contribution in [0.25, 0.3) is 0 Å². The molecular formula is C13H7Cl3F2O. The molecule has 0 aliphatic rings. The Morgan fingerprint density at radius 3 is 2.11 bits per heavy atom. The maximum Gasteiger partial charge on any atom is 0.160 e. The molecule has 0 aliphatic carbocycles. The predicted molar refractivity (Wildman–Crippen MR) is 71.9 cm³/mol. The summed E-state index contributed by atoms with van der Waals surface area (Å²) in [6.45, 7) is 0. The number of aliphatic hydroxyl groups is 1. The van der Waals surface area contributed by atoms with Crippen LogP contribution in [0.4, 0.5) is 8.78 Å². The van der Waals surface area contributed by atoms with Crippen LogP contribution in [0.3, 0.4) is 0 Å². The van der Waals surface area contributed by atoms with E-state index >= 15 is 0 Å². The van der Waals surface area contributed by atoms with Crippen LogP contribution in [0.15, 0.2) is 30.3 Å². The third kappa shape index (κ3) is 3.00. The fourth-order valence-corrected chi connectivity index (χ4v) is 2.29. The van der Waals surface area contributed by atoms with E-state index in [0.29, 0.717) is 5.02 Å². The first-order valence-electron chi connectivity index (χ1n) is 5.17. The quantitative estimate of drug-likeness (QED) is 0.771. The van der Waals surface area contributed by atoms with E-state index in [1.54, 1.807) is 6.07 Å². The highest BCUT2D eigenvalue weighted by Gasteiger charge is 2.19. The van der Waals surface area contributed by atoms with E-state index in [0.717, 1.165) is 12.1 Å². The number of rotatable bonds is 2. The van der Waals surface area contributed by atoms with Crippen LogP contribution in [0, 0.1) is 11.6 Å². The van der Waals surface area contributed by atoms with E-state index in [1.807, 2.05) is 0 Å². The zero-order valence-electron chi connectivity index (χ0n) is 9.30. The van der Waals surface area contributed by atoms with Gasteiger partial charge >= 0.3 is 0 Å². The summed E-state index contributed by atoms with van der Waals surface area (Å²) in [7, 11) is 0. The molecule has 19 heavy (non-hydrogen) atoms. The average molecular weight is 324 g/mol. The SMILES string of the molecule is OC(c1cc(Cl)ccc1Cl)c1cc(F)c(F)cc1Cl. The minimum absolute atomic E-state index is 0.0183. The van der Waals surface area contributed by atoms with Crippen LogP contribution >= 0.6 is 34.8 Å². The molecule has 1 atom stereocenters. The minimum Gasteiger partial charge on any atom is -0.384 e. The molecule has 0 aliphatic heterocycles. The molecule has 0 saturated heterocycles. The van der Waals surface area contributed by atoms with Gasteiger partial charge in [-0.3, -0.25) is 0 Å². The molecule has 0 aromatic heterocycles. The Hall–Kier alpha value is -0.870. The van der Waals surface area contributed by atoms with Crippen LogP contribution in [0.1, 0.15) is 17.2 Å². The van der Waals surface area contributed by atoms with Gasteiger partial charge in [0.05, 0.1) is 0 Å². The highest BCUT2D eigenvalue weighted by molar-refractivity contribution is 6.34. The number of halogens is 5. The molecule has 0 amide bonds. The van der Waals surface area contributed by atoms with Crippen molar-refractivity contribution >= 4 is 34.8 Å². The fraction of sp³-hybridized carbons (Fsp3) is 0.0769. The van der Waals surface area contributed by atoms with Gasteiger partial charge in [-0.2, -0.15) is 0 Å². The van der Waals surface area contributed by atoms with E-state index < -0.39 is 17.7 Å². The van der Waals surface area contributed by atoms with Crippen molar-refractivity contribution in [3.63, 3.8) is 0 Å². The molecule has 0 bridgehead atoms. The van der Waals surface area contributed by atoms with Crippen molar-refractivity contribution in [3.8, 4) is 0 Å². The monoisotopic (exact) mass is 322 g/mol. The third-order valence-electron chi connectivity index (χ3n) is 2.59. The normalized spacial score (nSPS) is 12.5. The van der Waals surface area contributed by atoms with Gasteiger partial charge in [-0.25, -0.2) is 8.78 Å². The van der Waals surface area contributed by atoms with E-state index in [9.17, 15) is 13.9 Å². The second-order valence-electron chi connectivity index (χ2n) is 3.86. The molecular weight excluding hydrogens is 316 g/mol. The Balaban J connectivity index is 2.52. The van der Waals surface area contributed by atoms with Crippen LogP contribution in [0.5, 0.6) is 0 Å². The summed E-state index contributed by atoms with van der Waals surface area (Å²) in [5.41, 5.74) is 0.284. The first-order valence-corrected chi connectivity index (χ1v) is 6.31. The Morgan fingerprint density at radius 2 is 1.42 bits per heavy atom. The molecule has 0 radical (unpaired) electrons. The highest BCUT2D eigenvalue weighted by Crippen LogP contribution is 2.34. The number of benzene rings is 2. The van der Waals surface area contributed by atoms with Gasteiger partial charge in [-0.1, -0.05) is 34.8 Å². The lowest BCUT2D eigenvalue weighted by Gasteiger charge is -2.15. The van der Waals surface area contributed by atoms with Gasteiger partial charge in [0.1, 0.15) is 6.10 Å². The summed E-state index contributed by atoms with van der Waals surface area (Å²) in [4.78, 5) is 0. The zero-order valence-corrected chi connectivity index (χ0v) is 11.6. The van der Waals surface area contributed by atoms with Crippen LogP contribution < -0.4 is 0 Å². The summed E-state index contributed by atoms with van der Waals surface area (Å²) < 4.78 is 26.2. The summed E-state index contributed by atoms with van der Waals surface area (Å²) in [6, 6.07) is 6.11. The third-order valence-corrected chi connectivity index (χ3v) is 3.49. The molecule has 2 aromatic rings. The number of hydrogen-bond donors (Lipinski definition) is 1. The molecule has 1 unspecified atom stereocenters. The Labute approximate surface area is 123 Å². The van der Waals surface area contributed by atoms with E-state index in [2.05, 4.69) is 0 Å². The van der Waals surface area contributed by atoms with Crippen molar-refractivity contribution in [1.82, 2.24) is 0 Å². The van der Waals surface area contributed by atoms with Crippen LogP contribution in [-0.4, -0.2) is 5.11 Å². The van der Waals surface area contributed by atoms with Gasteiger partial charge in [0.2, 0.25) is 0 Å². The summed E-state index contributed by atoms with van der Waals surface area (Å²) in [6.07, 6.45) is -1.30. The topological polar surface area (TPSA) is 20.2 Å². The molecule has 0 spiro atoms. The standard InChI is InChI=1S/C13H7Cl3F2O/c14-6-1-2-9(15)7(3-6)13(19)8-4-11(17)12(18)5-10(8)16/h1-5,13,19H. The van der Waals surface area contributed by atoms with Gasteiger partial charge in [0.15, 0.2) is 11.6 Å². The lowest BCUT2D eigenvalue weighted by atomic mass is 10.0. The van der Waals surface area contributed by atoms with Gasteiger partial charge in [0.25, 0.3) is 0 Å². The van der Waals surface area contributed by atoms with E-state index in [1.165, 1.54) is 12.1 Å². The molecule has 0 heterocycles. The molecule has 0 fully saturated rings. The molecule has 2 aromatic carbocycles. The maximum atomic E-state index is 13.2. The Kier molecular flexibility index (Phi) is 4.31. The van der Waals surface area contributed by atoms with Crippen molar-refractivity contribution in [1.29, 1.82) is 0 Å². The van der Waals surface area contributed by atoms with Gasteiger partial charge in [-0.05, 0) is 30.3 Å². The summed E-state index contributed by atoms with van der Waals surface area (Å²) in [5.74, 6) is -2.19. The van der Waals surface area contributed by atoms with Crippen molar-refractivity contribution in [2.75, 3.05) is 0 Å². The lowest BCUT2D eigenvalue weighted by molar-refractivity contribution is 0.219. The number of aliphatic hydroxyl groups excluding tert-OH is 1. The van der Waals surface area contributed by atoms with E-state index in [-0.39, 0.29) is 21.2 Å². The largest absolute Gasteiger partial charge is 0.384 e. The van der Waals surface area contributed by atoms with Crippen molar-refractivity contribution in [2.45, 2.75) is 6.10 Å². The maximum absolute atomic E-state index is 13.2. The summed E-state index contributed by atoms with van der Waals surface area (Å²) in [5, 5.41) is 10.7. The smallest absolute Gasteiger partial charge is 0.160 e. The number of hydrogen-bond acceptors (Lipinski definition) is 1. The van der Waals surface area contributed by atoms with Crippen LogP contribution in [0.2, 0.25) is 15.1 Å². The summed E-state index contributed by atoms with van der Waals surface area (Å²) >= 11 is 17.5. The molecule has 1 nitrogen and oxygen atoms in total. The first-order chi connectivity index (χ1) is 8.90. The predicted octanol–water partition coefficient (Wildman–Crippen LogP) is 5.01.